The molecule has 0 aliphatic carbocycles. The Hall–Kier alpha value is -2.54. The number of carbonyl (C=O) groups excluding carboxylic acids is 1. The molecule has 1 aromatic carbocycles. The summed E-state index contributed by atoms with van der Waals surface area (Å²) >= 11 is 0. The van der Waals surface area contributed by atoms with E-state index in [4.69, 9.17) is 14.2 Å². The molecule has 1 unspecified atom stereocenters. The van der Waals surface area contributed by atoms with Crippen molar-refractivity contribution in [2.75, 3.05) is 26.8 Å². The van der Waals surface area contributed by atoms with Gasteiger partial charge in [-0.05, 0) is 26.0 Å². The zero-order valence-corrected chi connectivity index (χ0v) is 15.6. The van der Waals surface area contributed by atoms with Crippen molar-refractivity contribution in [1.29, 1.82) is 0 Å². The van der Waals surface area contributed by atoms with Crippen molar-refractivity contribution < 1.29 is 19.0 Å². The minimum Gasteiger partial charge on any atom is -0.491 e. The van der Waals surface area contributed by atoms with Gasteiger partial charge >= 0.3 is 0 Å². The molecule has 1 aliphatic heterocycles. The molecule has 7 nitrogen and oxygen atoms in total. The maximum atomic E-state index is 12.9. The van der Waals surface area contributed by atoms with Crippen LogP contribution in [0.15, 0.2) is 36.4 Å². The Balaban J connectivity index is 1.69. The van der Waals surface area contributed by atoms with Crippen molar-refractivity contribution in [3.8, 4) is 11.6 Å². The molecule has 26 heavy (non-hydrogen) atoms. The van der Waals surface area contributed by atoms with Gasteiger partial charge in [-0.3, -0.25) is 4.79 Å². The summed E-state index contributed by atoms with van der Waals surface area (Å²) in [5.41, 5.74) is -0.0953. The number of hydrogen-bond donors (Lipinski definition) is 0. The first-order chi connectivity index (χ1) is 12.4. The number of carbonyl (C=O) groups is 1. The number of aromatic nitrogens is 2. The molecular weight excluding hydrogens is 334 g/mol. The van der Waals surface area contributed by atoms with Gasteiger partial charge in [0.25, 0.3) is 5.91 Å². The maximum absolute atomic E-state index is 12.9. The van der Waals surface area contributed by atoms with Crippen LogP contribution in [0.5, 0.6) is 11.6 Å². The Kier molecular flexibility index (Phi) is 5.18. The fourth-order valence-electron chi connectivity index (χ4n) is 3.15. The minimum absolute atomic E-state index is 0.134. The van der Waals surface area contributed by atoms with Crippen molar-refractivity contribution in [2.45, 2.75) is 25.6 Å². The number of hydrogen-bond acceptors (Lipinski definition) is 5. The van der Waals surface area contributed by atoms with E-state index in [1.54, 1.807) is 29.8 Å². The predicted molar refractivity (Wildman–Crippen MR) is 96.6 cm³/mol. The summed E-state index contributed by atoms with van der Waals surface area (Å²) in [6.07, 6.45) is -0.214. The number of benzene rings is 1. The SMILES string of the molecule is COc1cc(C(=O)N2CC(COc3ccccc3)OC(C)(C)C2)nn1C. The Morgan fingerprint density at radius 1 is 1.35 bits per heavy atom. The molecule has 1 atom stereocenters. The molecular formula is C19H25N3O4. The average molecular weight is 359 g/mol. The van der Waals surface area contributed by atoms with Gasteiger partial charge in [0.15, 0.2) is 5.69 Å². The second-order valence-electron chi connectivity index (χ2n) is 7.00. The van der Waals surface area contributed by atoms with Gasteiger partial charge in [-0.1, -0.05) is 18.2 Å². The molecule has 0 bridgehead atoms. The first-order valence-electron chi connectivity index (χ1n) is 8.61. The summed E-state index contributed by atoms with van der Waals surface area (Å²) in [6, 6.07) is 11.2. The summed E-state index contributed by atoms with van der Waals surface area (Å²) < 4.78 is 18.7. The van der Waals surface area contributed by atoms with Crippen molar-refractivity contribution in [2.24, 2.45) is 7.05 Å². The highest BCUT2D eigenvalue weighted by Crippen LogP contribution is 2.24. The molecule has 1 aromatic heterocycles. The van der Waals surface area contributed by atoms with Gasteiger partial charge in [0, 0.05) is 19.7 Å². The van der Waals surface area contributed by atoms with E-state index in [2.05, 4.69) is 5.10 Å². The third kappa shape index (κ3) is 4.16. The van der Waals surface area contributed by atoms with Gasteiger partial charge in [-0.2, -0.15) is 5.10 Å². The van der Waals surface area contributed by atoms with Gasteiger partial charge in [-0.25, -0.2) is 4.68 Å². The van der Waals surface area contributed by atoms with E-state index in [9.17, 15) is 4.79 Å². The van der Waals surface area contributed by atoms with Crippen LogP contribution < -0.4 is 9.47 Å². The van der Waals surface area contributed by atoms with E-state index in [1.165, 1.54) is 0 Å². The third-order valence-electron chi connectivity index (χ3n) is 4.21. The fourth-order valence-corrected chi connectivity index (χ4v) is 3.15. The fraction of sp³-hybridized carbons (Fsp3) is 0.474. The molecule has 2 aromatic rings. The Morgan fingerprint density at radius 2 is 2.08 bits per heavy atom. The zero-order chi connectivity index (χ0) is 18.7. The largest absolute Gasteiger partial charge is 0.491 e. The number of rotatable bonds is 5. The molecule has 0 saturated carbocycles. The Labute approximate surface area is 153 Å². The van der Waals surface area contributed by atoms with Crippen molar-refractivity contribution in [1.82, 2.24) is 14.7 Å². The Morgan fingerprint density at radius 3 is 2.73 bits per heavy atom. The summed E-state index contributed by atoms with van der Waals surface area (Å²) in [5, 5.41) is 4.25. The first kappa shape index (κ1) is 18.3. The summed E-state index contributed by atoms with van der Waals surface area (Å²) in [7, 11) is 3.30. The van der Waals surface area contributed by atoms with E-state index in [1.807, 2.05) is 44.2 Å². The highest BCUT2D eigenvalue weighted by atomic mass is 16.5. The predicted octanol–water partition coefficient (Wildman–Crippen LogP) is 2.13. The number of methoxy groups -OCH3 is 1. The van der Waals surface area contributed by atoms with Crippen molar-refractivity contribution >= 4 is 5.91 Å². The first-order valence-corrected chi connectivity index (χ1v) is 8.61. The molecule has 0 radical (unpaired) electrons. The lowest BCUT2D eigenvalue weighted by molar-refractivity contribution is -0.136. The molecule has 2 heterocycles. The van der Waals surface area contributed by atoms with E-state index in [-0.39, 0.29) is 12.0 Å². The normalized spacial score (nSPS) is 19.2. The number of morpholine rings is 1. The van der Waals surface area contributed by atoms with Crippen LogP contribution in [0.1, 0.15) is 24.3 Å². The summed E-state index contributed by atoms with van der Waals surface area (Å²) in [5.74, 6) is 1.20. The molecule has 7 heteroatoms. The highest BCUT2D eigenvalue weighted by molar-refractivity contribution is 5.92. The number of para-hydroxylation sites is 1. The van der Waals surface area contributed by atoms with E-state index >= 15 is 0 Å². The highest BCUT2D eigenvalue weighted by Gasteiger charge is 2.37. The van der Waals surface area contributed by atoms with Gasteiger partial charge in [0.05, 0.1) is 19.3 Å². The third-order valence-corrected chi connectivity index (χ3v) is 4.21. The van der Waals surface area contributed by atoms with Gasteiger partial charge in [0.1, 0.15) is 18.5 Å². The minimum atomic E-state index is -0.461. The molecule has 1 saturated heterocycles. The van der Waals surface area contributed by atoms with Gasteiger partial charge < -0.3 is 19.1 Å². The van der Waals surface area contributed by atoms with Crippen LogP contribution in [-0.2, 0) is 11.8 Å². The molecule has 1 aliphatic rings. The van der Waals surface area contributed by atoms with Crippen LogP contribution in [0.2, 0.25) is 0 Å². The van der Waals surface area contributed by atoms with Gasteiger partial charge in [-0.15, -0.1) is 0 Å². The number of aryl methyl sites for hydroxylation is 1. The maximum Gasteiger partial charge on any atom is 0.274 e. The molecule has 0 spiro atoms. The lowest BCUT2D eigenvalue weighted by Gasteiger charge is -2.42. The second kappa shape index (κ2) is 7.37. The molecule has 140 valence electrons. The monoisotopic (exact) mass is 359 g/mol. The smallest absolute Gasteiger partial charge is 0.274 e. The average Bonchev–Trinajstić information content (AvgIpc) is 2.99. The quantitative estimate of drug-likeness (QED) is 0.818. The molecule has 1 fully saturated rings. The summed E-state index contributed by atoms with van der Waals surface area (Å²) in [4.78, 5) is 14.7. The Bertz CT molecular complexity index is 757. The van der Waals surface area contributed by atoms with Crippen LogP contribution in [0.3, 0.4) is 0 Å². The summed E-state index contributed by atoms with van der Waals surface area (Å²) in [6.45, 7) is 5.27. The van der Waals surface area contributed by atoms with Crippen LogP contribution in [0.4, 0.5) is 0 Å². The van der Waals surface area contributed by atoms with E-state index in [0.717, 1.165) is 5.75 Å². The number of ether oxygens (including phenoxy) is 3. The van der Waals surface area contributed by atoms with Crippen LogP contribution in [-0.4, -0.2) is 59.1 Å². The van der Waals surface area contributed by atoms with E-state index in [0.29, 0.717) is 31.3 Å². The molecule has 1 amide bonds. The topological polar surface area (TPSA) is 65.8 Å². The molecule has 0 N–H and O–H groups in total. The second-order valence-corrected chi connectivity index (χ2v) is 7.00. The van der Waals surface area contributed by atoms with Gasteiger partial charge in [0.2, 0.25) is 5.88 Å². The lowest BCUT2D eigenvalue weighted by Crippen LogP contribution is -2.56. The van der Waals surface area contributed by atoms with E-state index < -0.39 is 5.60 Å². The van der Waals surface area contributed by atoms with Crippen LogP contribution in [0, 0.1) is 0 Å². The van der Waals surface area contributed by atoms with Crippen molar-refractivity contribution in [3.05, 3.63) is 42.1 Å². The standard InChI is InChI=1S/C19H25N3O4/c1-19(2)13-22(18(23)16-10-17(24-4)21(3)20-16)11-15(26-19)12-25-14-8-6-5-7-9-14/h5-10,15H,11-13H2,1-4H3. The number of nitrogens with zero attached hydrogens (tertiary/aromatic N) is 3. The van der Waals surface area contributed by atoms with Crippen LogP contribution >= 0.6 is 0 Å². The van der Waals surface area contributed by atoms with Crippen LogP contribution in [0.25, 0.3) is 0 Å². The number of amides is 1. The lowest BCUT2D eigenvalue weighted by atomic mass is 10.0. The zero-order valence-electron chi connectivity index (χ0n) is 15.6. The van der Waals surface area contributed by atoms with Crippen molar-refractivity contribution in [3.63, 3.8) is 0 Å². The molecule has 3 rings (SSSR count).